The molecule has 0 amide bonds. The second kappa shape index (κ2) is 9.83. The molecule has 0 aliphatic carbocycles. The fourth-order valence-corrected chi connectivity index (χ4v) is 1.84. The van der Waals surface area contributed by atoms with Gasteiger partial charge >= 0.3 is 0 Å². The van der Waals surface area contributed by atoms with Gasteiger partial charge in [-0.3, -0.25) is 0 Å². The van der Waals surface area contributed by atoms with Crippen LogP contribution in [0.3, 0.4) is 0 Å². The minimum absolute atomic E-state index is 0.104. The van der Waals surface area contributed by atoms with E-state index in [1.807, 2.05) is 27.7 Å². The molecule has 0 saturated heterocycles. The summed E-state index contributed by atoms with van der Waals surface area (Å²) in [6, 6.07) is 10.9. The highest BCUT2D eigenvalue weighted by atomic mass is 16.3. The fourth-order valence-electron chi connectivity index (χ4n) is 1.84. The van der Waals surface area contributed by atoms with Gasteiger partial charge in [0.05, 0.1) is 6.61 Å². The molecule has 0 heterocycles. The second-order valence-electron chi connectivity index (χ2n) is 4.60. The topological polar surface area (TPSA) is 66.5 Å². The number of aryl methyl sites for hydroxylation is 3. The van der Waals surface area contributed by atoms with Crippen LogP contribution in [0.5, 0.6) is 5.75 Å². The molecule has 2 aromatic rings. The van der Waals surface area contributed by atoms with Crippen LogP contribution in [0, 0.1) is 20.8 Å². The summed E-state index contributed by atoms with van der Waals surface area (Å²) in [5, 5.41) is 17.5. The second-order valence-corrected chi connectivity index (χ2v) is 4.60. The molecule has 0 bridgehead atoms. The number of hydrogen-bond acceptors (Lipinski definition) is 3. The van der Waals surface area contributed by atoms with Gasteiger partial charge < -0.3 is 15.9 Å². The van der Waals surface area contributed by atoms with Gasteiger partial charge in [0.15, 0.2) is 0 Å². The van der Waals surface area contributed by atoms with Gasteiger partial charge in [0.2, 0.25) is 0 Å². The number of nitrogen functional groups attached to an aromatic ring is 1. The average molecular weight is 289 g/mol. The van der Waals surface area contributed by atoms with Crippen molar-refractivity contribution in [1.29, 1.82) is 0 Å². The van der Waals surface area contributed by atoms with E-state index < -0.39 is 0 Å². The van der Waals surface area contributed by atoms with Crippen molar-refractivity contribution in [1.82, 2.24) is 0 Å². The molecule has 21 heavy (non-hydrogen) atoms. The Morgan fingerprint density at radius 2 is 1.43 bits per heavy atom. The van der Waals surface area contributed by atoms with Crippen LogP contribution in [0.2, 0.25) is 0 Å². The Balaban J connectivity index is 0.000000342. The molecule has 116 valence electrons. The third-order valence-electron chi connectivity index (χ3n) is 2.90. The summed E-state index contributed by atoms with van der Waals surface area (Å²) in [7, 11) is 0. The fraction of sp³-hybridized carbons (Fsp3) is 0.333. The van der Waals surface area contributed by atoms with Crippen molar-refractivity contribution in [3.63, 3.8) is 0 Å². The smallest absolute Gasteiger partial charge is 0.121 e. The van der Waals surface area contributed by atoms with Crippen molar-refractivity contribution in [2.45, 2.75) is 41.2 Å². The summed E-state index contributed by atoms with van der Waals surface area (Å²) in [5.41, 5.74) is 10.9. The first-order valence-corrected chi connectivity index (χ1v) is 7.16. The van der Waals surface area contributed by atoms with Gasteiger partial charge in [0, 0.05) is 11.3 Å². The average Bonchev–Trinajstić information content (AvgIpc) is 2.48. The highest BCUT2D eigenvalue weighted by Crippen LogP contribution is 2.17. The number of anilines is 1. The minimum atomic E-state index is -0.104. The first-order valence-electron chi connectivity index (χ1n) is 7.16. The van der Waals surface area contributed by atoms with Crippen LogP contribution < -0.4 is 5.73 Å². The van der Waals surface area contributed by atoms with E-state index in [0.29, 0.717) is 5.56 Å². The predicted molar refractivity (Wildman–Crippen MR) is 90.4 cm³/mol. The number of hydrogen-bond donors (Lipinski definition) is 3. The molecule has 0 saturated carbocycles. The monoisotopic (exact) mass is 289 g/mol. The number of para-hydroxylation sites is 1. The standard InChI is InChI=1S/C9H13N.C7H8O2.C2H6/c1-6-4-7(2)9(10)8(3)5-6;8-5-6-3-1-2-4-7(6)9;1-2/h4-5H,10H2,1-3H3;1-4,8-9H,5H2;1-2H3. The summed E-state index contributed by atoms with van der Waals surface area (Å²) in [6.45, 7) is 10.1. The van der Waals surface area contributed by atoms with Gasteiger partial charge in [-0.05, 0) is 38.0 Å². The molecule has 0 fully saturated rings. The molecule has 0 atom stereocenters. The van der Waals surface area contributed by atoms with Crippen LogP contribution >= 0.6 is 0 Å². The van der Waals surface area contributed by atoms with Crippen LogP contribution in [0.1, 0.15) is 36.1 Å². The SMILES string of the molecule is CC.Cc1cc(C)c(N)c(C)c1.OCc1ccccc1O. The first kappa shape index (κ1) is 19.0. The molecule has 0 radical (unpaired) electrons. The predicted octanol–water partition coefficient (Wildman–Crippen LogP) is 4.10. The summed E-state index contributed by atoms with van der Waals surface area (Å²) >= 11 is 0. The number of phenols is 1. The van der Waals surface area contributed by atoms with Crippen molar-refractivity contribution >= 4 is 5.69 Å². The van der Waals surface area contributed by atoms with Crippen LogP contribution in [-0.4, -0.2) is 10.2 Å². The zero-order chi connectivity index (χ0) is 16.4. The lowest BCUT2D eigenvalue weighted by molar-refractivity contribution is 0.275. The van der Waals surface area contributed by atoms with E-state index in [2.05, 4.69) is 19.1 Å². The van der Waals surface area contributed by atoms with Crippen LogP contribution in [-0.2, 0) is 6.61 Å². The molecular formula is C18H27NO2. The molecule has 0 unspecified atom stereocenters. The maximum Gasteiger partial charge on any atom is 0.121 e. The number of aliphatic hydroxyl groups excluding tert-OH is 1. The largest absolute Gasteiger partial charge is 0.508 e. The normalized spacial score (nSPS) is 9.05. The van der Waals surface area contributed by atoms with E-state index in [-0.39, 0.29) is 12.4 Å². The summed E-state index contributed by atoms with van der Waals surface area (Å²) in [4.78, 5) is 0. The van der Waals surface area contributed by atoms with E-state index in [1.165, 1.54) is 16.7 Å². The molecule has 0 aliphatic heterocycles. The van der Waals surface area contributed by atoms with Crippen molar-refractivity contribution < 1.29 is 10.2 Å². The Bertz CT molecular complexity index is 528. The van der Waals surface area contributed by atoms with Gasteiger partial charge in [0.25, 0.3) is 0 Å². The van der Waals surface area contributed by atoms with Crippen molar-refractivity contribution in [2.75, 3.05) is 5.73 Å². The molecular weight excluding hydrogens is 262 g/mol. The number of benzene rings is 2. The minimum Gasteiger partial charge on any atom is -0.508 e. The number of aliphatic hydroxyl groups is 1. The van der Waals surface area contributed by atoms with Crippen LogP contribution in [0.4, 0.5) is 5.69 Å². The highest BCUT2D eigenvalue weighted by Gasteiger charge is 1.96. The molecule has 0 aromatic heterocycles. The van der Waals surface area contributed by atoms with Gasteiger partial charge in [-0.25, -0.2) is 0 Å². The third-order valence-corrected chi connectivity index (χ3v) is 2.90. The molecule has 0 aliphatic rings. The maximum absolute atomic E-state index is 8.95. The Morgan fingerprint density at radius 1 is 0.952 bits per heavy atom. The molecule has 3 heteroatoms. The lowest BCUT2D eigenvalue weighted by Gasteiger charge is -2.04. The van der Waals surface area contributed by atoms with Crippen LogP contribution in [0.25, 0.3) is 0 Å². The molecule has 2 rings (SSSR count). The number of rotatable bonds is 1. The summed E-state index contributed by atoms with van der Waals surface area (Å²) < 4.78 is 0. The zero-order valence-corrected chi connectivity index (χ0v) is 13.6. The highest BCUT2D eigenvalue weighted by molar-refractivity contribution is 5.54. The maximum atomic E-state index is 8.95. The molecule has 3 nitrogen and oxygen atoms in total. The van der Waals surface area contributed by atoms with E-state index in [4.69, 9.17) is 15.9 Å². The van der Waals surface area contributed by atoms with E-state index in [0.717, 1.165) is 5.69 Å². The van der Waals surface area contributed by atoms with Crippen LogP contribution in [0.15, 0.2) is 36.4 Å². The Labute approximate surface area is 128 Å². The Kier molecular flexibility index (Phi) is 8.90. The Morgan fingerprint density at radius 3 is 1.81 bits per heavy atom. The van der Waals surface area contributed by atoms with Gasteiger partial charge in [-0.1, -0.05) is 49.7 Å². The quantitative estimate of drug-likeness (QED) is 0.692. The number of aromatic hydroxyl groups is 1. The Hall–Kier alpha value is -2.00. The molecule has 0 spiro atoms. The lowest BCUT2D eigenvalue weighted by Crippen LogP contribution is -1.93. The lowest BCUT2D eigenvalue weighted by atomic mass is 10.1. The first-order chi connectivity index (χ1) is 9.95. The van der Waals surface area contributed by atoms with E-state index >= 15 is 0 Å². The zero-order valence-electron chi connectivity index (χ0n) is 13.6. The summed E-state index contributed by atoms with van der Waals surface area (Å²) in [6.07, 6.45) is 0. The van der Waals surface area contributed by atoms with E-state index in [9.17, 15) is 0 Å². The van der Waals surface area contributed by atoms with Gasteiger partial charge in [-0.15, -0.1) is 0 Å². The van der Waals surface area contributed by atoms with Gasteiger partial charge in [0.1, 0.15) is 5.75 Å². The van der Waals surface area contributed by atoms with Gasteiger partial charge in [-0.2, -0.15) is 0 Å². The van der Waals surface area contributed by atoms with Crippen molar-refractivity contribution in [3.05, 3.63) is 58.7 Å². The molecule has 2 aromatic carbocycles. The number of nitrogens with two attached hydrogens (primary N) is 1. The molecule has 4 N–H and O–H groups in total. The summed E-state index contributed by atoms with van der Waals surface area (Å²) in [5.74, 6) is 0.153. The van der Waals surface area contributed by atoms with Crippen molar-refractivity contribution in [3.8, 4) is 5.75 Å². The van der Waals surface area contributed by atoms with Crippen molar-refractivity contribution in [2.24, 2.45) is 0 Å². The van der Waals surface area contributed by atoms with E-state index in [1.54, 1.807) is 24.3 Å². The third kappa shape index (κ3) is 6.32.